The van der Waals surface area contributed by atoms with E-state index in [1.54, 1.807) is 16.8 Å². The summed E-state index contributed by atoms with van der Waals surface area (Å²) in [7, 11) is 0. The van der Waals surface area contributed by atoms with Gasteiger partial charge in [-0.3, -0.25) is 4.98 Å². The molecule has 0 saturated heterocycles. The lowest BCUT2D eigenvalue weighted by Gasteiger charge is -2.35. The molecule has 0 amide bonds. The number of alkyl halides is 3. The predicted molar refractivity (Wildman–Crippen MR) is 79.4 cm³/mol. The zero-order chi connectivity index (χ0) is 15.3. The van der Waals surface area contributed by atoms with Crippen LogP contribution in [0.1, 0.15) is 43.9 Å². The molecule has 1 aliphatic carbocycles. The molecule has 1 heterocycles. The fraction of sp³-hybridized carbons (Fsp3) is 0.800. The quantitative estimate of drug-likeness (QED) is 0.839. The number of aromatic nitrogens is 1. The molecule has 21 heavy (non-hydrogen) atoms. The van der Waals surface area contributed by atoms with Gasteiger partial charge in [-0.15, -0.1) is 11.3 Å². The van der Waals surface area contributed by atoms with Gasteiger partial charge in [-0.25, -0.2) is 0 Å². The summed E-state index contributed by atoms with van der Waals surface area (Å²) in [6.45, 7) is 2.94. The number of hydrogen-bond acceptors (Lipinski definition) is 3. The van der Waals surface area contributed by atoms with E-state index in [-0.39, 0.29) is 18.4 Å². The molecule has 0 radical (unpaired) electrons. The Labute approximate surface area is 128 Å². The summed E-state index contributed by atoms with van der Waals surface area (Å²) >= 11 is 1.58. The summed E-state index contributed by atoms with van der Waals surface area (Å²) < 4.78 is 38.9. The van der Waals surface area contributed by atoms with Crippen molar-refractivity contribution < 1.29 is 13.2 Å². The molecule has 2 nitrogen and oxygen atoms in total. The smallest absolute Gasteiger partial charge is 0.313 e. The van der Waals surface area contributed by atoms with Crippen molar-refractivity contribution in [3.63, 3.8) is 0 Å². The Hall–Kier alpha value is -0.620. The average molecular weight is 320 g/mol. The third kappa shape index (κ3) is 4.95. The Morgan fingerprint density at radius 1 is 1.43 bits per heavy atom. The van der Waals surface area contributed by atoms with Crippen molar-refractivity contribution in [1.29, 1.82) is 0 Å². The first-order valence-corrected chi connectivity index (χ1v) is 8.56. The van der Waals surface area contributed by atoms with Crippen molar-refractivity contribution in [2.24, 2.45) is 11.8 Å². The Kier molecular flexibility index (Phi) is 6.05. The molecular formula is C15H23F3N2S. The van der Waals surface area contributed by atoms with E-state index in [9.17, 15) is 13.2 Å². The van der Waals surface area contributed by atoms with Crippen LogP contribution in [0.3, 0.4) is 0 Å². The minimum absolute atomic E-state index is 0.110. The zero-order valence-electron chi connectivity index (χ0n) is 12.3. The molecular weight excluding hydrogens is 297 g/mol. The van der Waals surface area contributed by atoms with Crippen LogP contribution >= 0.6 is 11.3 Å². The lowest BCUT2D eigenvalue weighted by molar-refractivity contribution is -0.186. The van der Waals surface area contributed by atoms with Crippen molar-refractivity contribution in [2.45, 2.75) is 57.7 Å². The second-order valence-electron chi connectivity index (χ2n) is 5.90. The second kappa shape index (κ2) is 7.58. The van der Waals surface area contributed by atoms with Crippen molar-refractivity contribution in [3.05, 3.63) is 16.6 Å². The van der Waals surface area contributed by atoms with Crippen LogP contribution < -0.4 is 5.32 Å². The highest BCUT2D eigenvalue weighted by molar-refractivity contribution is 7.09. The summed E-state index contributed by atoms with van der Waals surface area (Å²) in [4.78, 5) is 5.22. The first-order valence-electron chi connectivity index (χ1n) is 7.68. The van der Waals surface area contributed by atoms with Crippen molar-refractivity contribution in [1.82, 2.24) is 10.3 Å². The van der Waals surface area contributed by atoms with Crippen LogP contribution in [-0.4, -0.2) is 23.7 Å². The van der Waals surface area contributed by atoms with Crippen molar-refractivity contribution in [3.8, 4) is 0 Å². The molecule has 0 aromatic carbocycles. The standard InChI is InChI=1S/C15H23F3N2S/c1-2-6-20-14(8-13-9-19-10-21-13)11-4-3-5-12(7-11)15(16,17)18/h9-12,14,20H,2-8H2,1H3. The van der Waals surface area contributed by atoms with E-state index >= 15 is 0 Å². The molecule has 6 heteroatoms. The fourth-order valence-corrected chi connectivity index (χ4v) is 3.84. The van der Waals surface area contributed by atoms with Gasteiger partial charge >= 0.3 is 6.18 Å². The first-order chi connectivity index (χ1) is 10.0. The Morgan fingerprint density at radius 3 is 2.86 bits per heavy atom. The van der Waals surface area contributed by atoms with Gasteiger partial charge in [0, 0.05) is 17.1 Å². The molecule has 0 bridgehead atoms. The van der Waals surface area contributed by atoms with E-state index in [0.29, 0.717) is 12.8 Å². The Balaban J connectivity index is 2.01. The van der Waals surface area contributed by atoms with E-state index < -0.39 is 12.1 Å². The largest absolute Gasteiger partial charge is 0.391 e. The van der Waals surface area contributed by atoms with E-state index in [1.807, 2.05) is 6.20 Å². The fourth-order valence-electron chi connectivity index (χ4n) is 3.19. The van der Waals surface area contributed by atoms with Gasteiger partial charge in [0.1, 0.15) is 0 Å². The maximum Gasteiger partial charge on any atom is 0.391 e. The first kappa shape index (κ1) is 16.7. The monoisotopic (exact) mass is 320 g/mol. The van der Waals surface area contributed by atoms with Crippen molar-refractivity contribution >= 4 is 11.3 Å². The molecule has 1 aromatic heterocycles. The van der Waals surface area contributed by atoms with E-state index in [0.717, 1.165) is 30.7 Å². The zero-order valence-corrected chi connectivity index (χ0v) is 13.1. The molecule has 120 valence electrons. The third-order valence-electron chi connectivity index (χ3n) is 4.31. The normalized spacial score (nSPS) is 25.0. The molecule has 1 N–H and O–H groups in total. The van der Waals surface area contributed by atoms with Crippen molar-refractivity contribution in [2.75, 3.05) is 6.54 Å². The molecule has 1 aromatic rings. The molecule has 0 spiro atoms. The minimum atomic E-state index is -4.04. The lowest BCUT2D eigenvalue weighted by atomic mass is 9.76. The number of hydrogen-bond donors (Lipinski definition) is 1. The highest BCUT2D eigenvalue weighted by Crippen LogP contribution is 2.41. The summed E-state index contributed by atoms with van der Waals surface area (Å²) in [5.74, 6) is -1.01. The molecule has 0 aliphatic heterocycles. The maximum absolute atomic E-state index is 13.0. The summed E-state index contributed by atoms with van der Waals surface area (Å²) in [6, 6.07) is 0.135. The maximum atomic E-state index is 13.0. The Bertz CT molecular complexity index is 406. The number of rotatable bonds is 6. The highest BCUT2D eigenvalue weighted by Gasteiger charge is 2.43. The highest BCUT2D eigenvalue weighted by atomic mass is 32.1. The second-order valence-corrected chi connectivity index (χ2v) is 6.87. The molecule has 1 fully saturated rings. The van der Waals surface area contributed by atoms with Gasteiger partial charge in [-0.2, -0.15) is 13.2 Å². The van der Waals surface area contributed by atoms with Gasteiger partial charge in [0.25, 0.3) is 0 Å². The number of halogens is 3. The third-order valence-corrected chi connectivity index (χ3v) is 5.11. The van der Waals surface area contributed by atoms with E-state index in [1.165, 1.54) is 0 Å². The number of thiazole rings is 1. The van der Waals surface area contributed by atoms with Crippen LogP contribution in [0.15, 0.2) is 11.7 Å². The van der Waals surface area contributed by atoms with Gasteiger partial charge < -0.3 is 5.32 Å². The van der Waals surface area contributed by atoms with Crippen LogP contribution in [-0.2, 0) is 6.42 Å². The van der Waals surface area contributed by atoms with E-state index in [2.05, 4.69) is 17.2 Å². The predicted octanol–water partition coefficient (Wildman–Crippen LogP) is 4.42. The van der Waals surface area contributed by atoms with E-state index in [4.69, 9.17) is 0 Å². The van der Waals surface area contributed by atoms with Crippen LogP contribution in [0, 0.1) is 11.8 Å². The topological polar surface area (TPSA) is 24.9 Å². The van der Waals surface area contributed by atoms with Gasteiger partial charge in [-0.1, -0.05) is 13.3 Å². The minimum Gasteiger partial charge on any atom is -0.313 e. The molecule has 2 rings (SSSR count). The van der Waals surface area contributed by atoms with Crippen LogP contribution in [0.4, 0.5) is 13.2 Å². The molecule has 1 aliphatic rings. The lowest BCUT2D eigenvalue weighted by Crippen LogP contribution is -2.42. The average Bonchev–Trinajstić information content (AvgIpc) is 2.95. The van der Waals surface area contributed by atoms with Gasteiger partial charge in [0.2, 0.25) is 0 Å². The summed E-state index contributed by atoms with van der Waals surface area (Å²) in [6.07, 6.45) is 1.71. The number of nitrogens with zero attached hydrogens (tertiary/aromatic N) is 1. The molecule has 3 atom stereocenters. The van der Waals surface area contributed by atoms with Gasteiger partial charge in [0.05, 0.1) is 11.4 Å². The van der Waals surface area contributed by atoms with Gasteiger partial charge in [-0.05, 0) is 44.6 Å². The molecule has 3 unspecified atom stereocenters. The SMILES string of the molecule is CCCNC(Cc1cncs1)C1CCCC(C(F)(F)F)C1. The number of nitrogens with one attached hydrogen (secondary N) is 1. The van der Waals surface area contributed by atoms with Crippen LogP contribution in [0.2, 0.25) is 0 Å². The van der Waals surface area contributed by atoms with Crippen LogP contribution in [0.5, 0.6) is 0 Å². The summed E-state index contributed by atoms with van der Waals surface area (Å²) in [5.41, 5.74) is 1.78. The van der Waals surface area contributed by atoms with Crippen LogP contribution in [0.25, 0.3) is 0 Å². The molecule has 1 saturated carbocycles. The Morgan fingerprint density at radius 2 is 2.24 bits per heavy atom. The van der Waals surface area contributed by atoms with Gasteiger partial charge in [0.15, 0.2) is 0 Å². The summed E-state index contributed by atoms with van der Waals surface area (Å²) in [5, 5.41) is 3.46.